The molecular formula is C33H40ClF2N5O3S. The van der Waals surface area contributed by atoms with Gasteiger partial charge in [0.05, 0.1) is 33.9 Å². The van der Waals surface area contributed by atoms with Crippen molar-refractivity contribution in [3.05, 3.63) is 69.9 Å². The fourth-order valence-electron chi connectivity index (χ4n) is 5.91. The molecule has 0 radical (unpaired) electrons. The molecule has 6 atom stereocenters. The SMILES string of the molecule is CC[C@H](C)[C@H](NC(=O)Cc1ccccc1F)C(=O)N[C@H]1Cc2c([nH]c3c(Cl)cc(F)cc23)C(C(=O)N[C@H](C(N)=S)[C@@H](C)CC)C1. The van der Waals surface area contributed by atoms with E-state index >= 15 is 0 Å². The molecule has 0 saturated carbocycles. The second-order valence-electron chi connectivity index (χ2n) is 12.0. The van der Waals surface area contributed by atoms with Crippen LogP contribution in [-0.4, -0.2) is 45.8 Å². The summed E-state index contributed by atoms with van der Waals surface area (Å²) in [4.78, 5) is 43.9. The van der Waals surface area contributed by atoms with Gasteiger partial charge in [-0.25, -0.2) is 8.78 Å². The maximum atomic E-state index is 14.5. The summed E-state index contributed by atoms with van der Waals surface area (Å²) in [6.07, 6.45) is 1.62. The lowest BCUT2D eigenvalue weighted by molar-refractivity contribution is -0.130. The molecule has 0 aliphatic heterocycles. The Morgan fingerprint density at radius 1 is 1.07 bits per heavy atom. The number of nitrogens with two attached hydrogens (primary N) is 1. The Balaban J connectivity index is 1.62. The van der Waals surface area contributed by atoms with Gasteiger partial charge in [0.1, 0.15) is 17.7 Å². The van der Waals surface area contributed by atoms with Crippen molar-refractivity contribution in [1.29, 1.82) is 0 Å². The molecule has 45 heavy (non-hydrogen) atoms. The first kappa shape index (κ1) is 34.3. The van der Waals surface area contributed by atoms with Gasteiger partial charge in [0, 0.05) is 17.1 Å². The van der Waals surface area contributed by atoms with E-state index in [0.717, 1.165) is 6.42 Å². The summed E-state index contributed by atoms with van der Waals surface area (Å²) in [7, 11) is 0. The predicted molar refractivity (Wildman–Crippen MR) is 176 cm³/mol. The number of thiocarbonyl (C=S) groups is 1. The quantitative estimate of drug-likeness (QED) is 0.171. The second-order valence-corrected chi connectivity index (χ2v) is 12.9. The van der Waals surface area contributed by atoms with Gasteiger partial charge in [-0.15, -0.1) is 0 Å². The lowest BCUT2D eigenvalue weighted by Gasteiger charge is -2.33. The van der Waals surface area contributed by atoms with Crippen LogP contribution < -0.4 is 21.7 Å². The van der Waals surface area contributed by atoms with Gasteiger partial charge in [0.25, 0.3) is 0 Å². The number of carbonyl (C=O) groups is 3. The smallest absolute Gasteiger partial charge is 0.243 e. The normalized spacial score (nSPS) is 18.7. The molecule has 2 aromatic carbocycles. The molecule has 0 bridgehead atoms. The van der Waals surface area contributed by atoms with Crippen LogP contribution in [-0.2, 0) is 27.2 Å². The van der Waals surface area contributed by atoms with E-state index in [0.29, 0.717) is 35.0 Å². The molecule has 8 nitrogen and oxygen atoms in total. The monoisotopic (exact) mass is 659 g/mol. The molecule has 0 fully saturated rings. The Bertz CT molecular complexity index is 1600. The Kier molecular flexibility index (Phi) is 11.2. The van der Waals surface area contributed by atoms with Crippen LogP contribution in [0.3, 0.4) is 0 Å². The van der Waals surface area contributed by atoms with Gasteiger partial charge >= 0.3 is 0 Å². The molecule has 1 unspecified atom stereocenters. The topological polar surface area (TPSA) is 129 Å². The molecule has 242 valence electrons. The lowest BCUT2D eigenvalue weighted by atomic mass is 9.82. The first-order valence-electron chi connectivity index (χ1n) is 15.3. The van der Waals surface area contributed by atoms with E-state index in [9.17, 15) is 23.2 Å². The van der Waals surface area contributed by atoms with Crippen molar-refractivity contribution in [2.75, 3.05) is 0 Å². The Morgan fingerprint density at radius 3 is 2.38 bits per heavy atom. The third-order valence-corrected chi connectivity index (χ3v) is 9.44. The molecule has 0 spiro atoms. The highest BCUT2D eigenvalue weighted by molar-refractivity contribution is 7.80. The molecular weight excluding hydrogens is 620 g/mol. The van der Waals surface area contributed by atoms with E-state index in [-0.39, 0.29) is 46.2 Å². The van der Waals surface area contributed by atoms with Crippen molar-refractivity contribution in [2.24, 2.45) is 17.6 Å². The minimum atomic E-state index is -0.901. The van der Waals surface area contributed by atoms with Crippen molar-refractivity contribution in [2.45, 2.75) is 83.8 Å². The number of hydrogen-bond acceptors (Lipinski definition) is 4. The third-order valence-electron chi connectivity index (χ3n) is 8.89. The molecule has 1 aliphatic carbocycles. The highest BCUT2D eigenvalue weighted by Crippen LogP contribution is 2.39. The molecule has 1 aliphatic rings. The number of hydrogen-bond donors (Lipinski definition) is 5. The summed E-state index contributed by atoms with van der Waals surface area (Å²) in [5.41, 5.74) is 7.97. The average molecular weight is 660 g/mol. The average Bonchev–Trinajstić information content (AvgIpc) is 3.37. The molecule has 3 amide bonds. The van der Waals surface area contributed by atoms with Gasteiger partial charge in [-0.1, -0.05) is 82.6 Å². The summed E-state index contributed by atoms with van der Waals surface area (Å²) >= 11 is 11.6. The molecule has 1 aromatic heterocycles. The zero-order valence-corrected chi connectivity index (χ0v) is 27.4. The fourth-order valence-corrected chi connectivity index (χ4v) is 6.45. The van der Waals surface area contributed by atoms with Gasteiger partial charge in [-0.05, 0) is 54.0 Å². The van der Waals surface area contributed by atoms with E-state index in [1.807, 2.05) is 27.7 Å². The fraction of sp³-hybridized carbons (Fsp3) is 0.455. The molecule has 0 saturated heterocycles. The molecule has 1 heterocycles. The van der Waals surface area contributed by atoms with E-state index in [2.05, 4.69) is 20.9 Å². The Hall–Kier alpha value is -3.57. The number of nitrogens with one attached hydrogen (secondary N) is 4. The van der Waals surface area contributed by atoms with E-state index in [1.165, 1.54) is 24.3 Å². The Morgan fingerprint density at radius 2 is 1.73 bits per heavy atom. The summed E-state index contributed by atoms with van der Waals surface area (Å²) in [6, 6.07) is 6.57. The number of rotatable bonds is 12. The van der Waals surface area contributed by atoms with Crippen LogP contribution >= 0.6 is 23.8 Å². The molecule has 6 N–H and O–H groups in total. The zero-order valence-electron chi connectivity index (χ0n) is 25.8. The Labute approximate surface area is 272 Å². The maximum absolute atomic E-state index is 14.5. The van der Waals surface area contributed by atoms with E-state index < -0.39 is 47.5 Å². The van der Waals surface area contributed by atoms with Crippen LogP contribution in [0.4, 0.5) is 8.78 Å². The summed E-state index contributed by atoms with van der Waals surface area (Å²) < 4.78 is 28.7. The molecule has 4 rings (SSSR count). The maximum Gasteiger partial charge on any atom is 0.243 e. The van der Waals surface area contributed by atoms with Crippen molar-refractivity contribution in [3.63, 3.8) is 0 Å². The number of fused-ring (bicyclic) bond motifs is 3. The third kappa shape index (κ3) is 7.81. The standard InChI is InChI=1S/C33H40ClF2N5O3S/c1-5-16(3)27(31(37)45)41-32(43)23-15-20(14-22-21-12-19(35)13-24(34)30(21)40-29(22)23)38-33(44)28(17(4)6-2)39-26(42)11-18-9-7-8-10-25(18)36/h7-10,12-13,16-17,20,23,27-28,40H,5-6,11,14-15H2,1-4H3,(H2,37,45)(H,38,44)(H,39,42)(H,41,43)/t16-,17-,20-,23?,27-,28-/m0/s1. The first-order chi connectivity index (χ1) is 21.3. The van der Waals surface area contributed by atoms with Gasteiger partial charge in [-0.3, -0.25) is 14.4 Å². The molecule has 12 heteroatoms. The van der Waals surface area contributed by atoms with Gasteiger partial charge in [-0.2, -0.15) is 0 Å². The number of halogens is 3. The number of H-pyrrole nitrogens is 1. The number of benzene rings is 2. The highest BCUT2D eigenvalue weighted by Gasteiger charge is 2.38. The minimum absolute atomic E-state index is 0.0134. The van der Waals surface area contributed by atoms with Crippen molar-refractivity contribution in [1.82, 2.24) is 20.9 Å². The number of carbonyl (C=O) groups excluding carboxylic acids is 3. The number of aromatic amines is 1. The lowest BCUT2D eigenvalue weighted by Crippen LogP contribution is -2.55. The molecule has 3 aromatic rings. The van der Waals surface area contributed by atoms with Crippen LogP contribution in [0, 0.1) is 23.5 Å². The number of aromatic nitrogens is 1. The van der Waals surface area contributed by atoms with Crippen molar-refractivity contribution < 1.29 is 23.2 Å². The predicted octanol–water partition coefficient (Wildman–Crippen LogP) is 5.20. The van der Waals surface area contributed by atoms with E-state index in [1.54, 1.807) is 12.1 Å². The summed E-state index contributed by atoms with van der Waals surface area (Å²) in [5, 5.41) is 9.51. The van der Waals surface area contributed by atoms with Crippen molar-refractivity contribution in [3.8, 4) is 0 Å². The second kappa shape index (κ2) is 14.7. The van der Waals surface area contributed by atoms with Crippen LogP contribution in [0.25, 0.3) is 10.9 Å². The van der Waals surface area contributed by atoms with Crippen LogP contribution in [0.5, 0.6) is 0 Å². The van der Waals surface area contributed by atoms with Crippen LogP contribution in [0.2, 0.25) is 5.02 Å². The van der Waals surface area contributed by atoms with E-state index in [4.69, 9.17) is 29.6 Å². The minimum Gasteiger partial charge on any atom is -0.392 e. The van der Waals surface area contributed by atoms with Gasteiger partial charge in [0.2, 0.25) is 17.7 Å². The largest absolute Gasteiger partial charge is 0.392 e. The van der Waals surface area contributed by atoms with Crippen LogP contribution in [0.15, 0.2) is 36.4 Å². The number of amides is 3. The summed E-state index contributed by atoms with van der Waals surface area (Å²) in [6.45, 7) is 7.67. The first-order valence-corrected chi connectivity index (χ1v) is 16.0. The summed E-state index contributed by atoms with van der Waals surface area (Å²) in [5.74, 6) is -3.29. The van der Waals surface area contributed by atoms with Gasteiger partial charge < -0.3 is 26.7 Å². The highest BCUT2D eigenvalue weighted by atomic mass is 35.5. The van der Waals surface area contributed by atoms with Crippen molar-refractivity contribution >= 4 is 57.4 Å². The van der Waals surface area contributed by atoms with Crippen LogP contribution in [0.1, 0.15) is 69.7 Å². The van der Waals surface area contributed by atoms with Gasteiger partial charge in [0.15, 0.2) is 0 Å². The zero-order chi connectivity index (χ0) is 33.0.